The average molecular weight is 394 g/mol. The first kappa shape index (κ1) is 16.2. The van der Waals surface area contributed by atoms with Gasteiger partial charge in [-0.1, -0.05) is 27.5 Å². The number of rotatable bonds is 4. The van der Waals surface area contributed by atoms with Crippen LogP contribution in [0.1, 0.15) is 5.56 Å². The van der Waals surface area contributed by atoms with Gasteiger partial charge in [-0.05, 0) is 36.4 Å². The number of hydrogen-bond acceptors (Lipinski definition) is 3. The first-order chi connectivity index (χ1) is 9.83. The molecule has 3 N–H and O–H groups in total. The maximum Gasteiger partial charge on any atom is 0.261 e. The fourth-order valence-electron chi connectivity index (χ4n) is 1.65. The third-order valence-corrected chi connectivity index (χ3v) is 4.89. The second-order valence-electron chi connectivity index (χ2n) is 4.19. The molecular formula is C13H11BrClFN2O2S. The summed E-state index contributed by atoms with van der Waals surface area (Å²) in [5.74, 6) is -0.543. The SMILES string of the molecule is NCc1cc(S(=O)(=O)Nc2ccc(Br)cc2Cl)ccc1F. The summed E-state index contributed by atoms with van der Waals surface area (Å²) in [5.41, 5.74) is 5.73. The van der Waals surface area contributed by atoms with E-state index in [0.29, 0.717) is 0 Å². The quantitative estimate of drug-likeness (QED) is 0.835. The van der Waals surface area contributed by atoms with Gasteiger partial charge in [0.2, 0.25) is 0 Å². The Morgan fingerprint density at radius 2 is 1.95 bits per heavy atom. The van der Waals surface area contributed by atoms with Crippen molar-refractivity contribution in [2.45, 2.75) is 11.4 Å². The minimum atomic E-state index is -3.87. The van der Waals surface area contributed by atoms with Crippen LogP contribution in [-0.4, -0.2) is 8.42 Å². The van der Waals surface area contributed by atoms with E-state index in [1.807, 2.05) is 0 Å². The minimum absolute atomic E-state index is 0.0802. The van der Waals surface area contributed by atoms with Gasteiger partial charge in [0.05, 0.1) is 15.6 Å². The Bertz CT molecular complexity index is 784. The standard InChI is InChI=1S/C13H11BrClFN2O2S/c14-9-1-4-13(11(15)6-9)18-21(19,20)10-2-3-12(16)8(5-10)7-17/h1-6,18H,7,17H2. The maximum atomic E-state index is 13.4. The van der Waals surface area contributed by atoms with Crippen LogP contribution in [0.3, 0.4) is 0 Å². The Kier molecular flexibility index (Phi) is 4.88. The highest BCUT2D eigenvalue weighted by molar-refractivity contribution is 9.10. The summed E-state index contributed by atoms with van der Waals surface area (Å²) in [5, 5.41) is 0.245. The van der Waals surface area contributed by atoms with E-state index in [9.17, 15) is 12.8 Å². The molecule has 2 rings (SSSR count). The highest BCUT2D eigenvalue weighted by Gasteiger charge is 2.17. The van der Waals surface area contributed by atoms with Crippen LogP contribution in [0, 0.1) is 5.82 Å². The van der Waals surface area contributed by atoms with Crippen LogP contribution in [0.25, 0.3) is 0 Å². The zero-order chi connectivity index (χ0) is 15.6. The third kappa shape index (κ3) is 3.74. The van der Waals surface area contributed by atoms with Gasteiger partial charge in [0.15, 0.2) is 0 Å². The monoisotopic (exact) mass is 392 g/mol. The van der Waals surface area contributed by atoms with E-state index in [2.05, 4.69) is 20.7 Å². The van der Waals surface area contributed by atoms with Gasteiger partial charge in [0, 0.05) is 16.6 Å². The fourth-order valence-corrected chi connectivity index (χ4v) is 3.56. The van der Waals surface area contributed by atoms with Crippen molar-refractivity contribution in [3.8, 4) is 0 Å². The Balaban J connectivity index is 2.38. The molecule has 4 nitrogen and oxygen atoms in total. The zero-order valence-electron chi connectivity index (χ0n) is 10.6. The molecule has 0 aliphatic rings. The van der Waals surface area contributed by atoms with Gasteiger partial charge >= 0.3 is 0 Å². The first-order valence-corrected chi connectivity index (χ1v) is 8.45. The van der Waals surface area contributed by atoms with Crippen molar-refractivity contribution in [3.05, 3.63) is 57.3 Å². The number of anilines is 1. The van der Waals surface area contributed by atoms with E-state index in [0.717, 1.165) is 10.5 Å². The Morgan fingerprint density at radius 3 is 2.57 bits per heavy atom. The van der Waals surface area contributed by atoms with Crippen molar-refractivity contribution in [2.24, 2.45) is 5.73 Å². The second kappa shape index (κ2) is 6.31. The molecule has 0 unspecified atom stereocenters. The van der Waals surface area contributed by atoms with E-state index in [4.69, 9.17) is 17.3 Å². The third-order valence-electron chi connectivity index (χ3n) is 2.72. The average Bonchev–Trinajstić information content (AvgIpc) is 2.42. The molecule has 0 bridgehead atoms. The fraction of sp³-hybridized carbons (Fsp3) is 0.0769. The topological polar surface area (TPSA) is 72.2 Å². The molecule has 0 spiro atoms. The molecule has 8 heteroatoms. The summed E-state index contributed by atoms with van der Waals surface area (Å²) >= 11 is 9.20. The summed E-state index contributed by atoms with van der Waals surface area (Å²) in [6.07, 6.45) is 0. The van der Waals surface area contributed by atoms with Gasteiger partial charge in [0.25, 0.3) is 10.0 Å². The lowest BCUT2D eigenvalue weighted by molar-refractivity contribution is 0.596. The van der Waals surface area contributed by atoms with Crippen molar-refractivity contribution in [1.29, 1.82) is 0 Å². The summed E-state index contributed by atoms with van der Waals surface area (Å²) < 4.78 is 41.0. The number of sulfonamides is 1. The van der Waals surface area contributed by atoms with Gasteiger partial charge in [-0.2, -0.15) is 0 Å². The van der Waals surface area contributed by atoms with Crippen LogP contribution in [0.15, 0.2) is 45.8 Å². The summed E-state index contributed by atoms with van der Waals surface area (Å²) in [6.45, 7) is -0.0891. The van der Waals surface area contributed by atoms with Crippen molar-refractivity contribution in [2.75, 3.05) is 4.72 Å². The lowest BCUT2D eigenvalue weighted by atomic mass is 10.2. The molecule has 2 aromatic carbocycles. The van der Waals surface area contributed by atoms with Crippen molar-refractivity contribution in [1.82, 2.24) is 0 Å². The van der Waals surface area contributed by atoms with Gasteiger partial charge in [0.1, 0.15) is 5.82 Å². The Morgan fingerprint density at radius 1 is 1.24 bits per heavy atom. The van der Waals surface area contributed by atoms with E-state index in [1.54, 1.807) is 12.1 Å². The van der Waals surface area contributed by atoms with Gasteiger partial charge < -0.3 is 5.73 Å². The van der Waals surface area contributed by atoms with Gasteiger partial charge in [-0.3, -0.25) is 4.72 Å². The molecule has 0 aliphatic carbocycles. The molecule has 0 radical (unpaired) electrons. The molecular weight excluding hydrogens is 383 g/mol. The number of benzene rings is 2. The lowest BCUT2D eigenvalue weighted by Gasteiger charge is -2.11. The Hall–Kier alpha value is -1.15. The predicted octanol–water partition coefficient (Wildman–Crippen LogP) is 3.50. The smallest absolute Gasteiger partial charge is 0.261 e. The zero-order valence-corrected chi connectivity index (χ0v) is 13.8. The van der Waals surface area contributed by atoms with E-state index >= 15 is 0 Å². The number of nitrogens with one attached hydrogen (secondary N) is 1. The number of halogens is 3. The van der Waals surface area contributed by atoms with Crippen LogP contribution < -0.4 is 10.5 Å². The molecule has 0 fully saturated rings. The molecule has 112 valence electrons. The lowest BCUT2D eigenvalue weighted by Crippen LogP contribution is -2.14. The van der Waals surface area contributed by atoms with Crippen LogP contribution in [0.4, 0.5) is 10.1 Å². The maximum absolute atomic E-state index is 13.4. The molecule has 0 atom stereocenters. The van der Waals surface area contributed by atoms with Crippen molar-refractivity contribution < 1.29 is 12.8 Å². The summed E-state index contributed by atoms with van der Waals surface area (Å²) in [6, 6.07) is 8.18. The van der Waals surface area contributed by atoms with Crippen LogP contribution >= 0.6 is 27.5 Å². The first-order valence-electron chi connectivity index (χ1n) is 5.80. The molecule has 0 heterocycles. The summed E-state index contributed by atoms with van der Waals surface area (Å²) in [7, 11) is -3.87. The van der Waals surface area contributed by atoms with Crippen molar-refractivity contribution >= 4 is 43.2 Å². The molecule has 0 saturated carbocycles. The molecule has 2 aromatic rings. The highest BCUT2D eigenvalue weighted by atomic mass is 79.9. The van der Waals surface area contributed by atoms with E-state index in [-0.39, 0.29) is 27.7 Å². The largest absolute Gasteiger partial charge is 0.326 e. The molecule has 0 aliphatic heterocycles. The van der Waals surface area contributed by atoms with E-state index in [1.165, 1.54) is 18.2 Å². The van der Waals surface area contributed by atoms with Crippen LogP contribution in [-0.2, 0) is 16.6 Å². The molecule has 0 amide bonds. The van der Waals surface area contributed by atoms with Gasteiger partial charge in [-0.15, -0.1) is 0 Å². The second-order valence-corrected chi connectivity index (χ2v) is 7.19. The molecule has 0 aromatic heterocycles. The summed E-state index contributed by atoms with van der Waals surface area (Å²) in [4.78, 5) is -0.0802. The van der Waals surface area contributed by atoms with Crippen LogP contribution in [0.5, 0.6) is 0 Å². The van der Waals surface area contributed by atoms with Crippen LogP contribution in [0.2, 0.25) is 5.02 Å². The van der Waals surface area contributed by atoms with Gasteiger partial charge in [-0.25, -0.2) is 12.8 Å². The predicted molar refractivity (Wildman–Crippen MR) is 84.3 cm³/mol. The number of hydrogen-bond donors (Lipinski definition) is 2. The minimum Gasteiger partial charge on any atom is -0.326 e. The number of nitrogens with two attached hydrogens (primary N) is 1. The normalized spacial score (nSPS) is 11.4. The van der Waals surface area contributed by atoms with E-state index < -0.39 is 15.8 Å². The molecule has 0 saturated heterocycles. The van der Waals surface area contributed by atoms with Crippen molar-refractivity contribution in [3.63, 3.8) is 0 Å². The Labute approximate surface area is 135 Å². The molecule has 21 heavy (non-hydrogen) atoms. The highest BCUT2D eigenvalue weighted by Crippen LogP contribution is 2.28.